The Labute approximate surface area is 450 Å². The lowest BCUT2D eigenvalue weighted by Gasteiger charge is -2.33. The number of halogens is 6. The third-order valence-electron chi connectivity index (χ3n) is 8.98. The number of likely N-dealkylation sites (N-methyl/N-ethyl adjacent to an activating group) is 4. The molecule has 0 aromatic carbocycles. The Balaban J connectivity index is 0.000000438. The molecule has 0 saturated heterocycles. The molecule has 3 N–H and O–H groups in total. The second kappa shape index (κ2) is 32.1. The van der Waals surface area contributed by atoms with Crippen LogP contribution in [-0.2, 0) is 4.57 Å². The predicted molar refractivity (Wildman–Crippen MR) is 288 cm³/mol. The first-order chi connectivity index (χ1) is 34.0. The van der Waals surface area contributed by atoms with Crippen LogP contribution in [0.1, 0.15) is 19.8 Å². The van der Waals surface area contributed by atoms with Crippen LogP contribution < -0.4 is 36.0 Å². The number of fused-ring (bicyclic) bond motifs is 2. The fourth-order valence-corrected chi connectivity index (χ4v) is 5.99. The smallest absolute Gasteiger partial charge is 0.339 e. The molecule has 5 aromatic heterocycles. The summed E-state index contributed by atoms with van der Waals surface area (Å²) in [6.45, 7) is 6.83. The topological polar surface area (TPSA) is 362 Å². The lowest BCUT2D eigenvalue weighted by Crippen LogP contribution is -2.37. The van der Waals surface area contributed by atoms with E-state index in [2.05, 4.69) is 103 Å². The maximum atomic E-state index is 10.7. The number of H-pyrrole nitrogens is 2. The summed E-state index contributed by atoms with van der Waals surface area (Å²) in [5, 5.41) is 51.6. The van der Waals surface area contributed by atoms with Crippen LogP contribution in [0.5, 0.6) is 0 Å². The number of rotatable bonds is 8. The largest absolute Gasteiger partial charge is 0.370 e. The number of nitrogens with zero attached hydrogens (tertiary/aromatic N) is 12. The summed E-state index contributed by atoms with van der Waals surface area (Å²) in [6, 6.07) is 7.85. The number of aromatic amines is 2. The summed E-state index contributed by atoms with van der Waals surface area (Å²) >= 11 is 25.2. The average molecular weight is 1250 g/mol. The predicted octanol–water partition coefficient (Wildman–Crippen LogP) is 9.30. The van der Waals surface area contributed by atoms with E-state index >= 15 is 0 Å². The van der Waals surface area contributed by atoms with E-state index in [9.17, 15) is 64.7 Å². The van der Waals surface area contributed by atoms with Gasteiger partial charge in [-0.2, -0.15) is 0 Å². The SMILES string of the molecule is CCCCNC.CN1CCN(C)c2ncc([N+](=O)[O-])cc21.CN1CCN(C)c2ncc([N+](=O)[O-])cc21.O=P(Cl)(Cl)Cl.O=[N+]([O-])c1cnc(Cl)c(Br)c1.O=c1[nH]cc([N+](=O)[O-])cc1Br.O=c1ccc([N+](=O)[O-])c[nH]1. The number of aromatic nitrogens is 5. The molecule has 2 aliphatic rings. The number of hydrogen-bond acceptors (Lipinski definition) is 21. The van der Waals surface area contributed by atoms with E-state index in [0.29, 0.717) is 4.47 Å². The molecule has 0 unspecified atom stereocenters. The lowest BCUT2D eigenvalue weighted by atomic mass is 10.2. The van der Waals surface area contributed by atoms with Crippen molar-refractivity contribution < 1.29 is 29.2 Å². The normalized spacial score (nSPS) is 11.9. The van der Waals surface area contributed by atoms with Crippen LogP contribution in [0, 0.1) is 50.6 Å². The van der Waals surface area contributed by atoms with E-state index in [1.54, 1.807) is 12.1 Å². The second-order valence-electron chi connectivity index (χ2n) is 14.3. The molecule has 0 fully saturated rings. The van der Waals surface area contributed by atoms with Crippen molar-refractivity contribution in [3.05, 3.63) is 153 Å². The van der Waals surface area contributed by atoms with Crippen molar-refractivity contribution in [3.63, 3.8) is 0 Å². The van der Waals surface area contributed by atoms with Crippen molar-refractivity contribution in [3.8, 4) is 0 Å². The third kappa shape index (κ3) is 24.4. The van der Waals surface area contributed by atoms with E-state index in [0.717, 1.165) is 92.5 Å². The lowest BCUT2D eigenvalue weighted by molar-refractivity contribution is -0.385. The molecule has 0 bridgehead atoms. The number of anilines is 4. The molecular weight excluding hydrogens is 1210 g/mol. The molecule has 5 aromatic rings. The van der Waals surface area contributed by atoms with E-state index in [1.165, 1.54) is 31.3 Å². The average Bonchev–Trinajstić information content (AvgIpc) is 3.32. The van der Waals surface area contributed by atoms with Crippen molar-refractivity contribution in [2.75, 3.05) is 87.6 Å². The Kier molecular flexibility index (Phi) is 28.6. The van der Waals surface area contributed by atoms with Gasteiger partial charge in [0, 0.05) is 90.8 Å². The van der Waals surface area contributed by atoms with E-state index in [-0.39, 0.29) is 49.2 Å². The van der Waals surface area contributed by atoms with Gasteiger partial charge >= 0.3 is 5.20 Å². The van der Waals surface area contributed by atoms with Crippen molar-refractivity contribution in [2.45, 2.75) is 19.8 Å². The first-order valence-corrected chi connectivity index (χ1v) is 26.7. The number of unbranched alkanes of at least 4 members (excludes halogenated alkanes) is 1. The molecule has 73 heavy (non-hydrogen) atoms. The van der Waals surface area contributed by atoms with Gasteiger partial charge in [0.1, 0.15) is 23.7 Å². The summed E-state index contributed by atoms with van der Waals surface area (Å²) in [7, 11) is 9.68. The fraction of sp³-hybridized carbons (Fsp3) is 0.342. The Morgan fingerprint density at radius 2 is 1.01 bits per heavy atom. The maximum absolute atomic E-state index is 10.7. The van der Waals surface area contributed by atoms with Gasteiger partial charge in [0.25, 0.3) is 34.0 Å². The first-order valence-electron chi connectivity index (χ1n) is 20.3. The van der Waals surface area contributed by atoms with E-state index in [4.69, 9.17) is 11.6 Å². The van der Waals surface area contributed by atoms with Crippen molar-refractivity contribution in [1.29, 1.82) is 0 Å². The van der Waals surface area contributed by atoms with Gasteiger partial charge in [0.2, 0.25) is 5.56 Å². The number of nitro groups is 5. The number of pyridine rings is 5. The highest BCUT2D eigenvalue weighted by atomic mass is 79.9. The van der Waals surface area contributed by atoms with E-state index < -0.39 is 29.8 Å². The molecule has 35 heteroatoms. The minimum atomic E-state index is -3.22. The van der Waals surface area contributed by atoms with Gasteiger partial charge in [-0.1, -0.05) is 24.9 Å². The maximum Gasteiger partial charge on any atom is 0.339 e. The molecule has 7 rings (SSSR count). The standard InChI is InChI=1S/2C9H12N4O2.C5H2BrClN2O2.C5H3BrN2O3.C5H4N2O3.C5H13N.Cl3OP/c2*1-11-3-4-12(2)9-8(11)5-7(6-10-9)13(14)15;6-4-1-3(9(10)11)2-8-5(4)7;6-4-1-3(8(10)11)2-7-5(4)9;8-5-2-1-4(3-6-5)7(9)10;1-3-4-5-6-2;1-5(2,3)4/h2*5-6H,3-4H2,1-2H3;1-2H;1-2H,(H,7,9);1-3H,(H,6,8);6H,3-5H2,1-2H3;. The molecule has 0 amide bonds. The molecule has 0 radical (unpaired) electrons. The van der Waals surface area contributed by atoms with E-state index in [1.807, 2.05) is 54.8 Å². The van der Waals surface area contributed by atoms with Crippen molar-refractivity contribution in [1.82, 2.24) is 30.2 Å². The highest BCUT2D eigenvalue weighted by Gasteiger charge is 2.23. The van der Waals surface area contributed by atoms with Crippen molar-refractivity contribution in [2.24, 2.45) is 0 Å². The minimum absolute atomic E-state index is 0.0379. The second-order valence-corrected chi connectivity index (χ2v) is 23.0. The molecule has 0 atom stereocenters. The zero-order valence-corrected chi connectivity index (χ0v) is 46.3. The van der Waals surface area contributed by atoms with Crippen LogP contribution in [0.2, 0.25) is 5.15 Å². The van der Waals surface area contributed by atoms with Gasteiger partial charge in [-0.3, -0.25) is 64.7 Å². The molecule has 2 aliphatic heterocycles. The quantitative estimate of drug-likeness (QED) is 0.0428. The van der Waals surface area contributed by atoms with Crippen LogP contribution >= 0.6 is 82.4 Å². The molecule has 7 heterocycles. The summed E-state index contributed by atoms with van der Waals surface area (Å²) in [5.74, 6) is 1.60. The molecule has 0 spiro atoms. The Bertz CT molecular complexity index is 2740. The van der Waals surface area contributed by atoms with Crippen LogP contribution in [0.3, 0.4) is 0 Å². The Hall–Kier alpha value is -6.14. The zero-order valence-electron chi connectivity index (χ0n) is 39.2. The van der Waals surface area contributed by atoms with Crippen LogP contribution in [-0.4, -0.2) is 117 Å². The summed E-state index contributed by atoms with van der Waals surface area (Å²) in [6.07, 6.45) is 8.41. The van der Waals surface area contributed by atoms with Gasteiger partial charge in [0.15, 0.2) is 11.6 Å². The highest BCUT2D eigenvalue weighted by Crippen LogP contribution is 2.61. The summed E-state index contributed by atoms with van der Waals surface area (Å²) < 4.78 is 10.1. The van der Waals surface area contributed by atoms with Gasteiger partial charge < -0.3 is 34.9 Å². The van der Waals surface area contributed by atoms with Gasteiger partial charge in [-0.15, -0.1) is 0 Å². The molecule has 398 valence electrons. The highest BCUT2D eigenvalue weighted by molar-refractivity contribution is 9.10. The Morgan fingerprint density at radius 1 is 0.630 bits per heavy atom. The number of hydrogen-bond donors (Lipinski definition) is 3. The molecule has 28 nitrogen and oxygen atoms in total. The molecular formula is C38H46Br2Cl4N15O13P. The monoisotopic (exact) mass is 1250 g/mol. The van der Waals surface area contributed by atoms with Crippen molar-refractivity contribution >= 4 is 134 Å². The van der Waals surface area contributed by atoms with Gasteiger partial charge in [0.05, 0.1) is 57.3 Å². The van der Waals surface area contributed by atoms with Crippen LogP contribution in [0.15, 0.2) is 85.9 Å². The van der Waals surface area contributed by atoms with Crippen LogP contribution in [0.4, 0.5) is 51.4 Å². The Morgan fingerprint density at radius 3 is 1.36 bits per heavy atom. The first kappa shape index (κ1) is 64.9. The minimum Gasteiger partial charge on any atom is -0.370 e. The fourth-order valence-electron chi connectivity index (χ4n) is 5.20. The number of nitrogens with one attached hydrogen (secondary N) is 3. The third-order valence-corrected chi connectivity index (χ3v) is 10.7. The summed E-state index contributed by atoms with van der Waals surface area (Å²) in [5.41, 5.74) is 0.654. The zero-order chi connectivity index (χ0) is 55.7. The molecule has 0 saturated carbocycles. The summed E-state index contributed by atoms with van der Waals surface area (Å²) in [4.78, 5) is 94.2. The van der Waals surface area contributed by atoms with Gasteiger partial charge in [-0.25, -0.2) is 15.0 Å². The van der Waals surface area contributed by atoms with Gasteiger partial charge in [-0.05, 0) is 85.6 Å². The molecule has 0 aliphatic carbocycles. The van der Waals surface area contributed by atoms with Crippen LogP contribution in [0.25, 0.3) is 0 Å².